The monoisotopic (exact) mass is 312 g/mol. The van der Waals surface area contributed by atoms with Gasteiger partial charge in [0.1, 0.15) is 22.8 Å². The molecule has 3 aromatic rings. The molecule has 0 fully saturated rings. The van der Waals surface area contributed by atoms with Crippen LogP contribution in [0.25, 0.3) is 22.1 Å². The number of ether oxygens (including phenoxy) is 3. The Morgan fingerprint density at radius 2 is 1.52 bits per heavy atom. The predicted octanol–water partition coefficient (Wildman–Crippen LogP) is 3.49. The van der Waals surface area contributed by atoms with Crippen LogP contribution in [-0.4, -0.2) is 21.3 Å². The van der Waals surface area contributed by atoms with Crippen LogP contribution < -0.4 is 19.8 Å². The van der Waals surface area contributed by atoms with Gasteiger partial charge in [-0.1, -0.05) is 12.1 Å². The highest BCUT2D eigenvalue weighted by Crippen LogP contribution is 2.32. The van der Waals surface area contributed by atoms with E-state index in [1.54, 1.807) is 51.7 Å². The van der Waals surface area contributed by atoms with E-state index in [4.69, 9.17) is 18.6 Å². The van der Waals surface area contributed by atoms with Crippen molar-refractivity contribution < 1.29 is 18.6 Å². The summed E-state index contributed by atoms with van der Waals surface area (Å²) in [6, 6.07) is 12.4. The van der Waals surface area contributed by atoms with E-state index in [1.165, 1.54) is 0 Å². The Labute approximate surface area is 133 Å². The summed E-state index contributed by atoms with van der Waals surface area (Å²) in [6.07, 6.45) is 0. The third-order valence-corrected chi connectivity index (χ3v) is 3.65. The predicted molar refractivity (Wildman–Crippen MR) is 87.6 cm³/mol. The summed E-state index contributed by atoms with van der Waals surface area (Å²) in [7, 11) is 4.70. The second-order valence-corrected chi connectivity index (χ2v) is 4.92. The first kappa shape index (κ1) is 15.0. The van der Waals surface area contributed by atoms with Gasteiger partial charge < -0.3 is 18.6 Å². The molecule has 0 N–H and O–H groups in total. The number of rotatable bonds is 4. The minimum atomic E-state index is -0.419. The standard InChI is InChI=1S/C18H16O5/c1-20-12-6-4-11(5-7-12)14-10-15-16(22-3)8-13(21-2)9-17(15)23-18(14)19/h4-10H,1-3H3. The minimum absolute atomic E-state index is 0.419. The highest BCUT2D eigenvalue weighted by atomic mass is 16.5. The fraction of sp³-hybridized carbons (Fsp3) is 0.167. The van der Waals surface area contributed by atoms with Crippen molar-refractivity contribution in [2.75, 3.05) is 21.3 Å². The lowest BCUT2D eigenvalue weighted by molar-refractivity contribution is 0.396. The molecule has 0 aliphatic carbocycles. The van der Waals surface area contributed by atoms with Crippen LogP contribution in [-0.2, 0) is 0 Å². The molecule has 5 heteroatoms. The van der Waals surface area contributed by atoms with Gasteiger partial charge in [0.25, 0.3) is 0 Å². The zero-order valence-corrected chi connectivity index (χ0v) is 13.1. The Bertz CT molecular complexity index is 894. The van der Waals surface area contributed by atoms with Crippen molar-refractivity contribution >= 4 is 11.0 Å². The maximum Gasteiger partial charge on any atom is 0.344 e. The smallest absolute Gasteiger partial charge is 0.344 e. The van der Waals surface area contributed by atoms with Crippen LogP contribution >= 0.6 is 0 Å². The molecule has 3 rings (SSSR count). The van der Waals surface area contributed by atoms with Crippen LogP contribution in [0.2, 0.25) is 0 Å². The van der Waals surface area contributed by atoms with Crippen molar-refractivity contribution in [3.8, 4) is 28.4 Å². The lowest BCUT2D eigenvalue weighted by Gasteiger charge is -2.09. The van der Waals surface area contributed by atoms with Crippen LogP contribution in [0.4, 0.5) is 0 Å². The first-order valence-electron chi connectivity index (χ1n) is 7.00. The molecule has 0 saturated heterocycles. The molecule has 0 amide bonds. The zero-order chi connectivity index (χ0) is 16.4. The van der Waals surface area contributed by atoms with E-state index < -0.39 is 5.63 Å². The first-order valence-corrected chi connectivity index (χ1v) is 7.00. The molecule has 118 valence electrons. The summed E-state index contributed by atoms with van der Waals surface area (Å²) in [5.74, 6) is 1.87. The SMILES string of the molecule is COc1ccc(-c2cc3c(OC)cc(OC)cc3oc2=O)cc1. The van der Waals surface area contributed by atoms with Crippen molar-refractivity contribution in [2.45, 2.75) is 0 Å². The molecule has 0 atom stereocenters. The summed E-state index contributed by atoms with van der Waals surface area (Å²) in [5, 5.41) is 0.707. The maximum atomic E-state index is 12.3. The van der Waals surface area contributed by atoms with E-state index in [0.717, 1.165) is 11.3 Å². The lowest BCUT2D eigenvalue weighted by Crippen LogP contribution is -2.03. The molecule has 0 bridgehead atoms. The highest BCUT2D eigenvalue weighted by Gasteiger charge is 2.13. The largest absolute Gasteiger partial charge is 0.497 e. The normalized spacial score (nSPS) is 10.6. The molecular formula is C18H16O5. The van der Waals surface area contributed by atoms with Gasteiger partial charge in [-0.2, -0.15) is 0 Å². The van der Waals surface area contributed by atoms with Crippen LogP contribution in [0.5, 0.6) is 17.2 Å². The second-order valence-electron chi connectivity index (χ2n) is 4.92. The Kier molecular flexibility index (Phi) is 3.93. The van der Waals surface area contributed by atoms with Crippen LogP contribution in [0.3, 0.4) is 0 Å². The number of methoxy groups -OCH3 is 3. The van der Waals surface area contributed by atoms with Crippen molar-refractivity contribution in [3.05, 3.63) is 52.9 Å². The average molecular weight is 312 g/mol. The number of hydrogen-bond donors (Lipinski definition) is 0. The third-order valence-electron chi connectivity index (χ3n) is 3.65. The molecule has 23 heavy (non-hydrogen) atoms. The van der Waals surface area contributed by atoms with Crippen molar-refractivity contribution in [1.29, 1.82) is 0 Å². The Morgan fingerprint density at radius 1 is 0.826 bits per heavy atom. The average Bonchev–Trinajstić information content (AvgIpc) is 2.60. The van der Waals surface area contributed by atoms with E-state index in [9.17, 15) is 4.79 Å². The summed E-state index contributed by atoms with van der Waals surface area (Å²) in [4.78, 5) is 12.3. The fourth-order valence-corrected chi connectivity index (χ4v) is 2.42. The van der Waals surface area contributed by atoms with Crippen molar-refractivity contribution in [2.24, 2.45) is 0 Å². The molecule has 0 saturated carbocycles. The van der Waals surface area contributed by atoms with Gasteiger partial charge >= 0.3 is 5.63 Å². The summed E-state index contributed by atoms with van der Waals surface area (Å²) < 4.78 is 21.1. The van der Waals surface area contributed by atoms with Crippen LogP contribution in [0.15, 0.2) is 51.7 Å². The van der Waals surface area contributed by atoms with Crippen LogP contribution in [0.1, 0.15) is 0 Å². The van der Waals surface area contributed by atoms with Gasteiger partial charge in [-0.25, -0.2) is 4.79 Å². The third kappa shape index (κ3) is 2.73. The van der Waals surface area contributed by atoms with Crippen LogP contribution in [0, 0.1) is 0 Å². The van der Waals surface area contributed by atoms with Gasteiger partial charge in [0.05, 0.1) is 32.3 Å². The zero-order valence-electron chi connectivity index (χ0n) is 13.1. The molecular weight excluding hydrogens is 296 g/mol. The van der Waals surface area contributed by atoms with Gasteiger partial charge in [0, 0.05) is 12.1 Å². The number of benzene rings is 2. The van der Waals surface area contributed by atoms with E-state index >= 15 is 0 Å². The summed E-state index contributed by atoms with van der Waals surface area (Å²) >= 11 is 0. The molecule has 1 aromatic heterocycles. The Balaban J connectivity index is 2.21. The van der Waals surface area contributed by atoms with Crippen molar-refractivity contribution in [3.63, 3.8) is 0 Å². The molecule has 0 unspecified atom stereocenters. The molecule has 2 aromatic carbocycles. The number of fused-ring (bicyclic) bond motifs is 1. The molecule has 1 heterocycles. The van der Waals surface area contributed by atoms with Gasteiger partial charge in [-0.05, 0) is 23.8 Å². The molecule has 0 aliphatic heterocycles. The number of hydrogen-bond acceptors (Lipinski definition) is 5. The Hall–Kier alpha value is -2.95. The summed E-state index contributed by atoms with van der Waals surface area (Å²) in [5.41, 5.74) is 1.21. The topological polar surface area (TPSA) is 57.9 Å². The molecule has 0 spiro atoms. The molecule has 0 radical (unpaired) electrons. The van der Waals surface area contributed by atoms with Gasteiger partial charge in [0.2, 0.25) is 0 Å². The van der Waals surface area contributed by atoms with E-state index in [-0.39, 0.29) is 0 Å². The maximum absolute atomic E-state index is 12.3. The quantitative estimate of drug-likeness (QED) is 0.690. The molecule has 0 aliphatic rings. The fourth-order valence-electron chi connectivity index (χ4n) is 2.42. The molecule has 5 nitrogen and oxygen atoms in total. The second kappa shape index (κ2) is 6.04. The van der Waals surface area contributed by atoms with Gasteiger partial charge in [-0.15, -0.1) is 0 Å². The lowest BCUT2D eigenvalue weighted by atomic mass is 10.1. The van der Waals surface area contributed by atoms with E-state index in [2.05, 4.69) is 0 Å². The van der Waals surface area contributed by atoms with E-state index in [0.29, 0.717) is 28.0 Å². The first-order chi connectivity index (χ1) is 11.2. The van der Waals surface area contributed by atoms with E-state index in [1.807, 2.05) is 12.1 Å². The Morgan fingerprint density at radius 3 is 2.13 bits per heavy atom. The van der Waals surface area contributed by atoms with Crippen molar-refractivity contribution in [1.82, 2.24) is 0 Å². The van der Waals surface area contributed by atoms with Gasteiger partial charge in [0.15, 0.2) is 0 Å². The minimum Gasteiger partial charge on any atom is -0.497 e. The van der Waals surface area contributed by atoms with Gasteiger partial charge in [-0.3, -0.25) is 0 Å². The highest BCUT2D eigenvalue weighted by molar-refractivity contribution is 5.88. The summed E-state index contributed by atoms with van der Waals surface area (Å²) in [6.45, 7) is 0.